The summed E-state index contributed by atoms with van der Waals surface area (Å²) in [4.78, 5) is 11.1. The largest absolute Gasteiger partial charge is 0.366 e. The van der Waals surface area contributed by atoms with E-state index < -0.39 is 5.91 Å². The Kier molecular flexibility index (Phi) is 1.78. The van der Waals surface area contributed by atoms with Crippen molar-refractivity contribution < 1.29 is 4.79 Å². The van der Waals surface area contributed by atoms with E-state index in [2.05, 4.69) is 12.6 Å². The van der Waals surface area contributed by atoms with E-state index in [9.17, 15) is 4.79 Å². The van der Waals surface area contributed by atoms with E-state index >= 15 is 0 Å². The van der Waals surface area contributed by atoms with Gasteiger partial charge in [0.05, 0.1) is 5.56 Å². The highest BCUT2D eigenvalue weighted by Gasteiger charge is 2.03. The van der Waals surface area contributed by atoms with Crippen molar-refractivity contribution in [1.29, 1.82) is 0 Å². The standard InChI is InChI=1S/C5H5NOS2/c6-5(7)3-1-9-2-4(3)8/h1-2,8H,(H2,6,7). The van der Waals surface area contributed by atoms with Crippen LogP contribution in [0.2, 0.25) is 0 Å². The highest BCUT2D eigenvalue weighted by atomic mass is 32.1. The van der Waals surface area contributed by atoms with Crippen molar-refractivity contribution in [1.82, 2.24) is 0 Å². The lowest BCUT2D eigenvalue weighted by Crippen LogP contribution is -2.09. The Balaban J connectivity index is 3.08. The van der Waals surface area contributed by atoms with E-state index in [4.69, 9.17) is 5.73 Å². The van der Waals surface area contributed by atoms with Crippen LogP contribution in [0.1, 0.15) is 10.4 Å². The van der Waals surface area contributed by atoms with Gasteiger partial charge in [0.25, 0.3) is 5.91 Å². The number of nitrogens with two attached hydrogens (primary N) is 1. The molecule has 0 bridgehead atoms. The van der Waals surface area contributed by atoms with Crippen LogP contribution in [0.3, 0.4) is 0 Å². The van der Waals surface area contributed by atoms with Crippen molar-refractivity contribution in [3.63, 3.8) is 0 Å². The average molecular weight is 159 g/mol. The van der Waals surface area contributed by atoms with E-state index in [0.29, 0.717) is 10.5 Å². The van der Waals surface area contributed by atoms with Crippen LogP contribution in [-0.2, 0) is 0 Å². The first-order chi connectivity index (χ1) is 4.22. The number of rotatable bonds is 1. The van der Waals surface area contributed by atoms with Crippen LogP contribution in [-0.4, -0.2) is 5.91 Å². The molecular weight excluding hydrogens is 154 g/mol. The predicted molar refractivity (Wildman–Crippen MR) is 40.1 cm³/mol. The van der Waals surface area contributed by atoms with Gasteiger partial charge in [-0.3, -0.25) is 4.79 Å². The van der Waals surface area contributed by atoms with E-state index in [1.165, 1.54) is 11.3 Å². The second-order valence-corrected chi connectivity index (χ2v) is 2.76. The topological polar surface area (TPSA) is 43.1 Å². The molecule has 1 rings (SSSR count). The molecule has 1 aromatic rings. The Morgan fingerprint density at radius 3 is 2.56 bits per heavy atom. The summed E-state index contributed by atoms with van der Waals surface area (Å²) >= 11 is 5.42. The Labute approximate surface area is 62.1 Å². The Hall–Kier alpha value is -0.480. The fourth-order valence-electron chi connectivity index (χ4n) is 0.475. The third-order valence-electron chi connectivity index (χ3n) is 0.907. The summed E-state index contributed by atoms with van der Waals surface area (Å²) in [6, 6.07) is 0. The average Bonchev–Trinajstić information content (AvgIpc) is 2.13. The zero-order valence-electron chi connectivity index (χ0n) is 4.50. The minimum atomic E-state index is -0.416. The molecule has 0 saturated heterocycles. The van der Waals surface area contributed by atoms with Gasteiger partial charge in [-0.05, 0) is 0 Å². The second kappa shape index (κ2) is 2.41. The van der Waals surface area contributed by atoms with Gasteiger partial charge in [-0.25, -0.2) is 0 Å². The number of carbonyl (C=O) groups excluding carboxylic acids is 1. The lowest BCUT2D eigenvalue weighted by molar-refractivity contribution is 0.0998. The molecule has 0 atom stereocenters. The maximum absolute atomic E-state index is 10.5. The Morgan fingerprint density at radius 1 is 1.67 bits per heavy atom. The lowest BCUT2D eigenvalue weighted by atomic mass is 10.3. The van der Waals surface area contributed by atoms with Gasteiger partial charge in [-0.15, -0.1) is 12.6 Å². The molecule has 0 spiro atoms. The highest BCUT2D eigenvalue weighted by Crippen LogP contribution is 2.17. The maximum atomic E-state index is 10.5. The zero-order chi connectivity index (χ0) is 6.85. The van der Waals surface area contributed by atoms with Crippen LogP contribution < -0.4 is 5.73 Å². The van der Waals surface area contributed by atoms with Gasteiger partial charge >= 0.3 is 0 Å². The molecule has 1 amide bonds. The van der Waals surface area contributed by atoms with Crippen LogP contribution in [0.15, 0.2) is 15.7 Å². The maximum Gasteiger partial charge on any atom is 0.250 e. The summed E-state index contributed by atoms with van der Waals surface area (Å²) in [6.07, 6.45) is 0. The van der Waals surface area contributed by atoms with Crippen LogP contribution >= 0.6 is 24.0 Å². The van der Waals surface area contributed by atoms with Gasteiger partial charge < -0.3 is 5.73 Å². The molecule has 2 N–H and O–H groups in total. The first-order valence-corrected chi connectivity index (χ1v) is 3.66. The van der Waals surface area contributed by atoms with Gasteiger partial charge in [-0.1, -0.05) is 0 Å². The molecule has 0 radical (unpaired) electrons. The van der Waals surface area contributed by atoms with Gasteiger partial charge in [0.15, 0.2) is 0 Å². The molecule has 0 saturated carbocycles. The fraction of sp³-hybridized carbons (Fsp3) is 0. The van der Waals surface area contributed by atoms with Gasteiger partial charge in [0.1, 0.15) is 0 Å². The van der Waals surface area contributed by atoms with Gasteiger partial charge in [0, 0.05) is 15.7 Å². The van der Waals surface area contributed by atoms with Crippen molar-refractivity contribution >= 4 is 29.9 Å². The summed E-state index contributed by atoms with van der Waals surface area (Å²) in [5.74, 6) is -0.416. The summed E-state index contributed by atoms with van der Waals surface area (Å²) in [7, 11) is 0. The molecule has 0 aliphatic rings. The number of thiophene rings is 1. The molecule has 1 heterocycles. The van der Waals surface area contributed by atoms with E-state index in [1.54, 1.807) is 10.8 Å². The minimum Gasteiger partial charge on any atom is -0.366 e. The third kappa shape index (κ3) is 1.25. The number of primary amides is 1. The van der Waals surface area contributed by atoms with Gasteiger partial charge in [0.2, 0.25) is 0 Å². The molecule has 0 unspecified atom stereocenters. The number of amides is 1. The molecule has 48 valence electrons. The van der Waals surface area contributed by atoms with Crippen molar-refractivity contribution in [2.24, 2.45) is 5.73 Å². The molecule has 1 aromatic heterocycles. The van der Waals surface area contributed by atoms with E-state index in [1.807, 2.05) is 0 Å². The molecule has 2 nitrogen and oxygen atoms in total. The molecule has 0 aromatic carbocycles. The highest BCUT2D eigenvalue weighted by molar-refractivity contribution is 7.80. The number of hydrogen-bond donors (Lipinski definition) is 2. The summed E-state index contributed by atoms with van der Waals surface area (Å²) in [5, 5.41) is 3.45. The second-order valence-electron chi connectivity index (χ2n) is 1.53. The number of hydrogen-bond acceptors (Lipinski definition) is 3. The molecule has 0 aliphatic heterocycles. The molecule has 0 fully saturated rings. The van der Waals surface area contributed by atoms with E-state index in [0.717, 1.165) is 0 Å². The normalized spacial score (nSPS) is 9.44. The Morgan fingerprint density at radius 2 is 2.33 bits per heavy atom. The monoisotopic (exact) mass is 159 g/mol. The lowest BCUT2D eigenvalue weighted by Gasteiger charge is -1.87. The van der Waals surface area contributed by atoms with Gasteiger partial charge in [-0.2, -0.15) is 11.3 Å². The summed E-state index contributed by atoms with van der Waals surface area (Å²) in [6.45, 7) is 0. The quantitative estimate of drug-likeness (QED) is 0.593. The first-order valence-electron chi connectivity index (χ1n) is 2.27. The predicted octanol–water partition coefficient (Wildman–Crippen LogP) is 1.14. The molecule has 4 heteroatoms. The molecule has 9 heavy (non-hydrogen) atoms. The van der Waals surface area contributed by atoms with Crippen molar-refractivity contribution in [2.75, 3.05) is 0 Å². The zero-order valence-corrected chi connectivity index (χ0v) is 6.21. The van der Waals surface area contributed by atoms with Crippen LogP contribution in [0, 0.1) is 0 Å². The summed E-state index contributed by atoms with van der Waals surface area (Å²) in [5.41, 5.74) is 5.48. The van der Waals surface area contributed by atoms with Crippen LogP contribution in [0.5, 0.6) is 0 Å². The van der Waals surface area contributed by atoms with Crippen LogP contribution in [0.25, 0.3) is 0 Å². The SMILES string of the molecule is NC(=O)c1cscc1S. The van der Waals surface area contributed by atoms with Crippen molar-refractivity contribution in [2.45, 2.75) is 4.90 Å². The first kappa shape index (κ1) is 6.64. The third-order valence-corrected chi connectivity index (χ3v) is 2.20. The fourth-order valence-corrected chi connectivity index (χ4v) is 1.62. The van der Waals surface area contributed by atoms with Crippen molar-refractivity contribution in [3.05, 3.63) is 16.3 Å². The van der Waals surface area contributed by atoms with Crippen LogP contribution in [0.4, 0.5) is 0 Å². The number of thiol groups is 1. The summed E-state index contributed by atoms with van der Waals surface area (Å²) < 4.78 is 0. The minimum absolute atomic E-state index is 0.416. The smallest absolute Gasteiger partial charge is 0.250 e. The van der Waals surface area contributed by atoms with E-state index in [-0.39, 0.29) is 0 Å². The molecule has 0 aliphatic carbocycles. The number of carbonyl (C=O) groups is 1. The van der Waals surface area contributed by atoms with Crippen molar-refractivity contribution in [3.8, 4) is 0 Å². The molecular formula is C5H5NOS2. The Bertz CT molecular complexity index is 231.